The number of aliphatic hydroxyl groups is 1. The number of nitrogens with two attached hydrogens (primary N) is 1. The van der Waals surface area contributed by atoms with Gasteiger partial charge in [0, 0.05) is 12.1 Å². The van der Waals surface area contributed by atoms with Crippen molar-refractivity contribution in [3.05, 3.63) is 21.7 Å². The minimum atomic E-state index is -0.779. The molecule has 90 valence electrons. The van der Waals surface area contributed by atoms with E-state index in [2.05, 4.69) is 15.9 Å². The lowest BCUT2D eigenvalue weighted by Gasteiger charge is -2.19. The first-order chi connectivity index (χ1) is 7.56. The van der Waals surface area contributed by atoms with Crippen LogP contribution in [0, 0.1) is 6.92 Å². The van der Waals surface area contributed by atoms with E-state index in [9.17, 15) is 5.11 Å². The summed E-state index contributed by atoms with van der Waals surface area (Å²) in [6.07, 6.45) is -0.779. The highest BCUT2D eigenvalue weighted by atomic mass is 79.9. The number of methoxy groups -OCH3 is 2. The third-order valence-corrected chi connectivity index (χ3v) is 3.17. The molecular formula is C11H16BrNO3. The van der Waals surface area contributed by atoms with Crippen molar-refractivity contribution in [2.45, 2.75) is 13.0 Å². The maximum Gasteiger partial charge on any atom is 0.136 e. The summed E-state index contributed by atoms with van der Waals surface area (Å²) in [6, 6.07) is 1.82. The van der Waals surface area contributed by atoms with Gasteiger partial charge in [0.05, 0.1) is 24.8 Å². The van der Waals surface area contributed by atoms with Crippen LogP contribution in [0.2, 0.25) is 0 Å². The van der Waals surface area contributed by atoms with Gasteiger partial charge in [0.2, 0.25) is 0 Å². The molecule has 1 aromatic carbocycles. The molecule has 0 aromatic heterocycles. The molecule has 0 amide bonds. The number of hydrogen-bond acceptors (Lipinski definition) is 4. The topological polar surface area (TPSA) is 64.7 Å². The van der Waals surface area contributed by atoms with Crippen molar-refractivity contribution in [3.8, 4) is 11.5 Å². The van der Waals surface area contributed by atoms with Gasteiger partial charge in [-0.25, -0.2) is 0 Å². The van der Waals surface area contributed by atoms with Crippen molar-refractivity contribution in [3.63, 3.8) is 0 Å². The second-order valence-corrected chi connectivity index (χ2v) is 4.20. The maximum atomic E-state index is 9.84. The highest BCUT2D eigenvalue weighted by molar-refractivity contribution is 9.10. The molecule has 0 heterocycles. The molecule has 1 atom stereocenters. The number of benzene rings is 1. The molecule has 0 aliphatic rings. The van der Waals surface area contributed by atoms with Gasteiger partial charge in [0.15, 0.2) is 0 Å². The number of rotatable bonds is 4. The zero-order valence-electron chi connectivity index (χ0n) is 9.58. The third kappa shape index (κ3) is 2.31. The maximum absolute atomic E-state index is 9.84. The van der Waals surface area contributed by atoms with Gasteiger partial charge in [-0.1, -0.05) is 0 Å². The summed E-state index contributed by atoms with van der Waals surface area (Å²) < 4.78 is 11.2. The Labute approximate surface area is 103 Å². The first-order valence-corrected chi connectivity index (χ1v) is 5.65. The van der Waals surface area contributed by atoms with E-state index in [4.69, 9.17) is 15.2 Å². The van der Waals surface area contributed by atoms with E-state index in [1.165, 1.54) is 0 Å². The molecule has 1 unspecified atom stereocenters. The second kappa shape index (κ2) is 5.52. The van der Waals surface area contributed by atoms with Gasteiger partial charge in [-0.2, -0.15) is 0 Å². The highest BCUT2D eigenvalue weighted by Crippen LogP contribution is 2.41. The Bertz CT molecular complexity index is 382. The average molecular weight is 290 g/mol. The fourth-order valence-electron chi connectivity index (χ4n) is 1.59. The molecule has 0 radical (unpaired) electrons. The Morgan fingerprint density at radius 2 is 2.06 bits per heavy atom. The number of aliphatic hydroxyl groups excluding tert-OH is 1. The highest BCUT2D eigenvalue weighted by Gasteiger charge is 2.20. The second-order valence-electron chi connectivity index (χ2n) is 3.41. The molecule has 1 rings (SSSR count). The lowest BCUT2D eigenvalue weighted by atomic mass is 10.0. The molecule has 0 aliphatic carbocycles. The number of hydrogen-bond donors (Lipinski definition) is 2. The van der Waals surface area contributed by atoms with Crippen LogP contribution < -0.4 is 15.2 Å². The van der Waals surface area contributed by atoms with E-state index in [0.29, 0.717) is 21.5 Å². The van der Waals surface area contributed by atoms with Crippen molar-refractivity contribution >= 4 is 15.9 Å². The van der Waals surface area contributed by atoms with Crippen molar-refractivity contribution < 1.29 is 14.6 Å². The molecule has 3 N–H and O–H groups in total. The Kier molecular flexibility index (Phi) is 4.58. The summed E-state index contributed by atoms with van der Waals surface area (Å²) in [5, 5.41) is 9.84. The van der Waals surface area contributed by atoms with Crippen LogP contribution in [0.3, 0.4) is 0 Å². The molecule has 1 aromatic rings. The van der Waals surface area contributed by atoms with Gasteiger partial charge in [-0.3, -0.25) is 0 Å². The smallest absolute Gasteiger partial charge is 0.136 e. The lowest BCUT2D eigenvalue weighted by molar-refractivity contribution is 0.180. The number of aryl methyl sites for hydroxylation is 1. The predicted octanol–water partition coefficient (Wildman–Crippen LogP) is 1.77. The average Bonchev–Trinajstić information content (AvgIpc) is 2.27. The Morgan fingerprint density at radius 3 is 2.50 bits per heavy atom. The van der Waals surface area contributed by atoms with Gasteiger partial charge in [-0.15, -0.1) is 0 Å². The summed E-state index contributed by atoms with van der Waals surface area (Å²) >= 11 is 3.40. The minimum absolute atomic E-state index is 0.126. The van der Waals surface area contributed by atoms with Gasteiger partial charge < -0.3 is 20.3 Å². The van der Waals surface area contributed by atoms with E-state index in [1.807, 2.05) is 13.0 Å². The first kappa shape index (κ1) is 13.3. The van der Waals surface area contributed by atoms with E-state index in [0.717, 1.165) is 5.56 Å². The molecule has 16 heavy (non-hydrogen) atoms. The standard InChI is InChI=1S/C11H16BrNO3/c1-6-4-8(15-2)9(7(14)5-13)10(12)11(6)16-3/h4,7,14H,5,13H2,1-3H3. The monoisotopic (exact) mass is 289 g/mol. The van der Waals surface area contributed by atoms with Crippen LogP contribution in [0.5, 0.6) is 11.5 Å². The molecular weight excluding hydrogens is 274 g/mol. The van der Waals surface area contributed by atoms with Crippen LogP contribution >= 0.6 is 15.9 Å². The zero-order valence-corrected chi connectivity index (χ0v) is 11.2. The van der Waals surface area contributed by atoms with Crippen molar-refractivity contribution in [2.75, 3.05) is 20.8 Å². The van der Waals surface area contributed by atoms with Crippen LogP contribution in [0.15, 0.2) is 10.5 Å². The summed E-state index contributed by atoms with van der Waals surface area (Å²) in [5.41, 5.74) is 7.01. The number of ether oxygens (including phenoxy) is 2. The zero-order chi connectivity index (χ0) is 12.3. The minimum Gasteiger partial charge on any atom is -0.496 e. The molecule has 0 saturated heterocycles. The van der Waals surface area contributed by atoms with Gasteiger partial charge >= 0.3 is 0 Å². The van der Waals surface area contributed by atoms with Crippen molar-refractivity contribution in [1.82, 2.24) is 0 Å². The van der Waals surface area contributed by atoms with Crippen LogP contribution in [-0.4, -0.2) is 25.9 Å². The van der Waals surface area contributed by atoms with Crippen LogP contribution in [0.1, 0.15) is 17.2 Å². The summed E-state index contributed by atoms with van der Waals surface area (Å²) in [4.78, 5) is 0. The fraction of sp³-hybridized carbons (Fsp3) is 0.455. The van der Waals surface area contributed by atoms with Crippen LogP contribution in [-0.2, 0) is 0 Å². The fourth-order valence-corrected chi connectivity index (χ4v) is 2.53. The lowest BCUT2D eigenvalue weighted by Crippen LogP contribution is -2.14. The Morgan fingerprint density at radius 1 is 1.44 bits per heavy atom. The largest absolute Gasteiger partial charge is 0.496 e. The predicted molar refractivity (Wildman–Crippen MR) is 66.0 cm³/mol. The summed E-state index contributed by atoms with van der Waals surface area (Å²) in [7, 11) is 3.14. The van der Waals surface area contributed by atoms with Crippen molar-refractivity contribution in [1.29, 1.82) is 0 Å². The van der Waals surface area contributed by atoms with Gasteiger partial charge in [0.25, 0.3) is 0 Å². The summed E-state index contributed by atoms with van der Waals surface area (Å²) in [5.74, 6) is 1.28. The molecule has 0 spiro atoms. The van der Waals surface area contributed by atoms with E-state index >= 15 is 0 Å². The quantitative estimate of drug-likeness (QED) is 0.887. The van der Waals surface area contributed by atoms with Gasteiger partial charge in [-0.05, 0) is 34.5 Å². The van der Waals surface area contributed by atoms with E-state index in [1.54, 1.807) is 14.2 Å². The normalized spacial score (nSPS) is 12.4. The molecule has 0 aliphatic heterocycles. The molecule has 5 heteroatoms. The Balaban J connectivity index is 3.43. The van der Waals surface area contributed by atoms with E-state index < -0.39 is 6.10 Å². The Hall–Kier alpha value is -0.780. The summed E-state index contributed by atoms with van der Waals surface area (Å²) in [6.45, 7) is 2.03. The van der Waals surface area contributed by atoms with Crippen LogP contribution in [0.25, 0.3) is 0 Å². The van der Waals surface area contributed by atoms with E-state index in [-0.39, 0.29) is 6.54 Å². The molecule has 0 fully saturated rings. The van der Waals surface area contributed by atoms with Crippen LogP contribution in [0.4, 0.5) is 0 Å². The number of halogens is 1. The van der Waals surface area contributed by atoms with Gasteiger partial charge in [0.1, 0.15) is 11.5 Å². The third-order valence-electron chi connectivity index (χ3n) is 2.39. The molecule has 0 saturated carbocycles. The van der Waals surface area contributed by atoms with Crippen molar-refractivity contribution in [2.24, 2.45) is 5.73 Å². The molecule has 4 nitrogen and oxygen atoms in total. The first-order valence-electron chi connectivity index (χ1n) is 4.85. The SMILES string of the molecule is COc1cc(C)c(OC)c(Br)c1C(O)CN. The molecule has 0 bridgehead atoms.